The van der Waals surface area contributed by atoms with Gasteiger partial charge in [-0.15, -0.1) is 0 Å². The number of benzene rings is 3. The van der Waals surface area contributed by atoms with Crippen molar-refractivity contribution in [2.24, 2.45) is 0 Å². The Hall–Kier alpha value is -3.40. The summed E-state index contributed by atoms with van der Waals surface area (Å²) in [6, 6.07) is 21.1. The Kier molecular flexibility index (Phi) is 4.93. The summed E-state index contributed by atoms with van der Waals surface area (Å²) in [7, 11) is 0. The molecule has 29 heavy (non-hydrogen) atoms. The summed E-state index contributed by atoms with van der Waals surface area (Å²) in [6.45, 7) is 6.26. The number of carbonyl (C=O) groups excluding carboxylic acids is 1. The van der Waals surface area contributed by atoms with Crippen LogP contribution in [0.15, 0.2) is 71.5 Å². The normalized spacial score (nSPS) is 12.2. The smallest absolute Gasteiger partial charge is 0.240 e. The Bertz CT molecular complexity index is 1230. The van der Waals surface area contributed by atoms with E-state index in [-0.39, 0.29) is 23.9 Å². The number of hydrogen-bond donors (Lipinski definition) is 1. The van der Waals surface area contributed by atoms with Crippen molar-refractivity contribution in [3.8, 4) is 0 Å². The highest BCUT2D eigenvalue weighted by Gasteiger charge is 2.15. The van der Waals surface area contributed by atoms with E-state index in [1.807, 2.05) is 60.0 Å². The van der Waals surface area contributed by atoms with Crippen LogP contribution in [0.25, 0.3) is 21.8 Å². The van der Waals surface area contributed by atoms with Crippen molar-refractivity contribution in [2.75, 3.05) is 0 Å². The minimum atomic E-state index is -0.0979. The second-order valence-electron chi connectivity index (χ2n) is 7.60. The van der Waals surface area contributed by atoms with Gasteiger partial charge in [0, 0.05) is 10.8 Å². The first-order valence-electron chi connectivity index (χ1n) is 9.82. The van der Waals surface area contributed by atoms with Gasteiger partial charge in [-0.25, -0.2) is 0 Å². The summed E-state index contributed by atoms with van der Waals surface area (Å²) in [5.74, 6) is -0.0858. The fraction of sp³-hybridized carbons (Fsp3) is 0.200. The van der Waals surface area contributed by atoms with Crippen molar-refractivity contribution in [1.82, 2.24) is 9.88 Å². The molecule has 1 amide bonds. The third kappa shape index (κ3) is 3.54. The molecule has 1 aromatic heterocycles. The number of aromatic nitrogens is 1. The molecule has 0 saturated heterocycles. The summed E-state index contributed by atoms with van der Waals surface area (Å²) in [6.07, 6.45) is 0. The van der Waals surface area contributed by atoms with Crippen LogP contribution in [0.5, 0.6) is 0 Å². The van der Waals surface area contributed by atoms with E-state index >= 15 is 0 Å². The standard InChI is InChI=1S/C25H24N2O2/c1-16-12-13-17(2)21(14-16)18(3)26-24(28)15-27-22-10-6-4-8-19(22)25(29)20-9-5-7-11-23(20)27/h4-14,18H,15H2,1-3H3,(H,26,28). The van der Waals surface area contributed by atoms with Crippen LogP contribution in [-0.2, 0) is 11.3 Å². The number of para-hydroxylation sites is 2. The minimum Gasteiger partial charge on any atom is -0.348 e. The maximum absolute atomic E-state index is 13.0. The van der Waals surface area contributed by atoms with Crippen molar-refractivity contribution in [1.29, 1.82) is 0 Å². The molecule has 1 atom stereocenters. The zero-order valence-electron chi connectivity index (χ0n) is 16.9. The molecule has 0 saturated carbocycles. The number of nitrogens with zero attached hydrogens (tertiary/aromatic N) is 1. The maximum Gasteiger partial charge on any atom is 0.240 e. The van der Waals surface area contributed by atoms with Crippen molar-refractivity contribution in [3.05, 3.63) is 93.6 Å². The molecule has 4 heteroatoms. The number of rotatable bonds is 4. The van der Waals surface area contributed by atoms with Crippen molar-refractivity contribution < 1.29 is 4.79 Å². The number of aryl methyl sites for hydroxylation is 2. The summed E-state index contributed by atoms with van der Waals surface area (Å²) in [5, 5.41) is 4.37. The quantitative estimate of drug-likeness (QED) is 0.521. The third-order valence-electron chi connectivity index (χ3n) is 5.46. The van der Waals surface area contributed by atoms with Gasteiger partial charge >= 0.3 is 0 Å². The van der Waals surface area contributed by atoms with Crippen LogP contribution >= 0.6 is 0 Å². The van der Waals surface area contributed by atoms with Gasteiger partial charge in [0.25, 0.3) is 0 Å². The topological polar surface area (TPSA) is 51.1 Å². The van der Waals surface area contributed by atoms with Gasteiger partial charge in [-0.3, -0.25) is 9.59 Å². The summed E-state index contributed by atoms with van der Waals surface area (Å²) in [5.41, 5.74) is 4.98. The Morgan fingerprint density at radius 2 is 1.52 bits per heavy atom. The fourth-order valence-corrected chi connectivity index (χ4v) is 3.98. The number of amides is 1. The lowest BCUT2D eigenvalue weighted by molar-refractivity contribution is -0.122. The van der Waals surface area contributed by atoms with Crippen LogP contribution in [0.3, 0.4) is 0 Å². The summed E-state index contributed by atoms with van der Waals surface area (Å²) in [4.78, 5) is 25.8. The van der Waals surface area contributed by atoms with Gasteiger partial charge in [0.05, 0.1) is 17.1 Å². The first-order chi connectivity index (χ1) is 14.0. The molecule has 0 aliphatic carbocycles. The van der Waals surface area contributed by atoms with Crippen LogP contribution in [-0.4, -0.2) is 10.5 Å². The zero-order chi connectivity index (χ0) is 20.5. The largest absolute Gasteiger partial charge is 0.348 e. The molecule has 0 aliphatic rings. The highest BCUT2D eigenvalue weighted by molar-refractivity contribution is 5.94. The Morgan fingerprint density at radius 1 is 0.931 bits per heavy atom. The van der Waals surface area contributed by atoms with E-state index in [9.17, 15) is 9.59 Å². The van der Waals surface area contributed by atoms with Gasteiger partial charge in [0.1, 0.15) is 6.54 Å². The Labute approximate surface area is 169 Å². The van der Waals surface area contributed by atoms with Gasteiger partial charge < -0.3 is 9.88 Å². The maximum atomic E-state index is 13.0. The number of fused-ring (bicyclic) bond motifs is 2. The van der Waals surface area contributed by atoms with E-state index in [4.69, 9.17) is 0 Å². The van der Waals surface area contributed by atoms with E-state index < -0.39 is 0 Å². The lowest BCUT2D eigenvalue weighted by Crippen LogP contribution is -2.31. The molecule has 0 spiro atoms. The molecule has 4 rings (SSSR count). The molecular formula is C25H24N2O2. The summed E-state index contributed by atoms with van der Waals surface area (Å²) < 4.78 is 1.93. The molecule has 0 aliphatic heterocycles. The first-order valence-corrected chi connectivity index (χ1v) is 9.82. The highest BCUT2D eigenvalue weighted by Crippen LogP contribution is 2.21. The lowest BCUT2D eigenvalue weighted by Gasteiger charge is -2.19. The van der Waals surface area contributed by atoms with Crippen molar-refractivity contribution in [3.63, 3.8) is 0 Å². The van der Waals surface area contributed by atoms with Gasteiger partial charge in [-0.05, 0) is 56.2 Å². The average molecular weight is 384 g/mol. The van der Waals surface area contributed by atoms with Crippen LogP contribution in [0, 0.1) is 13.8 Å². The number of carbonyl (C=O) groups is 1. The van der Waals surface area contributed by atoms with Gasteiger partial charge in [-0.2, -0.15) is 0 Å². The Morgan fingerprint density at radius 3 is 2.14 bits per heavy atom. The predicted octanol–water partition coefficient (Wildman–Crippen LogP) is 4.65. The molecule has 3 aromatic carbocycles. The van der Waals surface area contributed by atoms with Crippen LogP contribution < -0.4 is 10.7 Å². The highest BCUT2D eigenvalue weighted by atomic mass is 16.2. The third-order valence-corrected chi connectivity index (χ3v) is 5.46. The number of pyridine rings is 1. The predicted molar refractivity (Wildman–Crippen MR) is 118 cm³/mol. The van der Waals surface area contributed by atoms with Crippen molar-refractivity contribution in [2.45, 2.75) is 33.4 Å². The molecule has 0 fully saturated rings. The Balaban J connectivity index is 1.72. The van der Waals surface area contributed by atoms with E-state index in [0.717, 1.165) is 22.2 Å². The van der Waals surface area contributed by atoms with E-state index in [1.54, 1.807) is 0 Å². The van der Waals surface area contributed by atoms with Gasteiger partial charge in [0.15, 0.2) is 5.43 Å². The second-order valence-corrected chi connectivity index (χ2v) is 7.60. The number of nitrogens with one attached hydrogen (secondary N) is 1. The second kappa shape index (κ2) is 7.55. The molecule has 146 valence electrons. The van der Waals surface area contributed by atoms with Gasteiger partial charge in [0.2, 0.25) is 5.91 Å². The molecule has 1 unspecified atom stereocenters. The van der Waals surface area contributed by atoms with Crippen molar-refractivity contribution >= 4 is 27.7 Å². The number of hydrogen-bond acceptors (Lipinski definition) is 2. The minimum absolute atomic E-state index is 0.00314. The van der Waals surface area contributed by atoms with E-state index in [1.165, 1.54) is 5.56 Å². The monoisotopic (exact) mass is 384 g/mol. The molecule has 4 aromatic rings. The lowest BCUT2D eigenvalue weighted by atomic mass is 10.00. The SMILES string of the molecule is Cc1ccc(C)c(C(C)NC(=O)Cn2c3ccccc3c(=O)c3ccccc32)c1. The molecule has 4 nitrogen and oxygen atoms in total. The van der Waals surface area contributed by atoms with Crippen LogP contribution in [0.1, 0.15) is 29.7 Å². The van der Waals surface area contributed by atoms with Crippen LogP contribution in [0.4, 0.5) is 0 Å². The fourth-order valence-electron chi connectivity index (χ4n) is 3.98. The van der Waals surface area contributed by atoms with E-state index in [2.05, 4.69) is 37.4 Å². The molecular weight excluding hydrogens is 360 g/mol. The zero-order valence-corrected chi connectivity index (χ0v) is 16.9. The van der Waals surface area contributed by atoms with Gasteiger partial charge in [-0.1, -0.05) is 48.0 Å². The molecule has 1 heterocycles. The van der Waals surface area contributed by atoms with E-state index in [0.29, 0.717) is 10.8 Å². The summed E-state index contributed by atoms with van der Waals surface area (Å²) >= 11 is 0. The first kappa shape index (κ1) is 18.9. The molecule has 1 N–H and O–H groups in total. The van der Waals surface area contributed by atoms with Crippen LogP contribution in [0.2, 0.25) is 0 Å². The average Bonchev–Trinajstić information content (AvgIpc) is 2.72. The molecule has 0 bridgehead atoms. The molecule has 0 radical (unpaired) electrons.